The molecule has 0 aliphatic carbocycles. The molecule has 0 bridgehead atoms. The second-order valence-corrected chi connectivity index (χ2v) is 11.6. The molecular formula is C42H25NO. The molecule has 2 heteroatoms. The molecule has 0 spiro atoms. The maximum Gasteiger partial charge on any atom is 0.146 e. The molecule has 0 aliphatic rings. The first-order valence-electron chi connectivity index (χ1n) is 15.1. The Bertz CT molecular complexity index is 2750. The van der Waals surface area contributed by atoms with Crippen molar-refractivity contribution in [2.24, 2.45) is 0 Å². The van der Waals surface area contributed by atoms with Gasteiger partial charge in [-0.25, -0.2) is 0 Å². The van der Waals surface area contributed by atoms with Crippen LogP contribution < -0.4 is 0 Å². The molecule has 44 heavy (non-hydrogen) atoms. The van der Waals surface area contributed by atoms with Crippen molar-refractivity contribution in [3.8, 4) is 16.8 Å². The molecule has 10 rings (SSSR count). The molecule has 0 atom stereocenters. The standard InChI is InChI=1S/C42H25NO/c1-2-12-26(13-3-1)27-22-24-28(25-23-27)43-40-33-18-8-5-15-30(33)29-14-4-6-16-31(29)38(40)39-41(43)34-19-9-7-17-32(34)37-35-20-10-11-21-36(35)44-42(37)39/h1-25H. The molecule has 0 N–H and O–H groups in total. The van der Waals surface area contributed by atoms with Crippen molar-refractivity contribution in [3.05, 3.63) is 152 Å². The van der Waals surface area contributed by atoms with E-state index < -0.39 is 0 Å². The molecule has 0 unspecified atom stereocenters. The maximum atomic E-state index is 6.86. The summed E-state index contributed by atoms with van der Waals surface area (Å²) in [6.45, 7) is 0. The van der Waals surface area contributed by atoms with Crippen LogP contribution in [0.1, 0.15) is 0 Å². The second kappa shape index (κ2) is 8.82. The summed E-state index contributed by atoms with van der Waals surface area (Å²) in [6, 6.07) is 54.5. The van der Waals surface area contributed by atoms with Crippen molar-refractivity contribution < 1.29 is 4.42 Å². The van der Waals surface area contributed by atoms with Gasteiger partial charge < -0.3 is 8.98 Å². The molecule has 204 valence electrons. The van der Waals surface area contributed by atoms with Crippen LogP contribution in [-0.2, 0) is 0 Å². The minimum absolute atomic E-state index is 0.915. The number of rotatable bonds is 2. The average molecular weight is 560 g/mol. The maximum absolute atomic E-state index is 6.86. The Balaban J connectivity index is 1.50. The van der Waals surface area contributed by atoms with Gasteiger partial charge in [-0.05, 0) is 50.9 Å². The Kier molecular flexibility index (Phi) is 4.75. The van der Waals surface area contributed by atoms with Crippen molar-refractivity contribution >= 4 is 76.1 Å². The first-order valence-corrected chi connectivity index (χ1v) is 15.1. The van der Waals surface area contributed by atoms with Crippen molar-refractivity contribution in [2.45, 2.75) is 0 Å². The summed E-state index contributed by atoms with van der Waals surface area (Å²) in [5.41, 5.74) is 7.80. The van der Waals surface area contributed by atoms with Crippen molar-refractivity contribution in [3.63, 3.8) is 0 Å². The largest absolute Gasteiger partial charge is 0.455 e. The Hall–Kier alpha value is -5.86. The van der Waals surface area contributed by atoms with Crippen LogP contribution in [0.4, 0.5) is 0 Å². The SMILES string of the molecule is c1ccc(-c2ccc(-n3c4c5ccccc5c5ccccc5c4c4c5oc6ccccc6c5c5ccccc5c43)cc2)cc1. The second-order valence-electron chi connectivity index (χ2n) is 11.6. The first kappa shape index (κ1) is 23.7. The van der Waals surface area contributed by atoms with Gasteiger partial charge in [0.2, 0.25) is 0 Å². The fourth-order valence-electron chi connectivity index (χ4n) is 7.51. The summed E-state index contributed by atoms with van der Waals surface area (Å²) in [6.07, 6.45) is 0. The van der Waals surface area contributed by atoms with E-state index in [1.54, 1.807) is 0 Å². The highest BCUT2D eigenvalue weighted by Gasteiger charge is 2.25. The fraction of sp³-hybridized carbons (Fsp3) is 0. The molecule has 0 radical (unpaired) electrons. The summed E-state index contributed by atoms with van der Waals surface area (Å²) in [7, 11) is 0. The number of aromatic nitrogens is 1. The van der Waals surface area contributed by atoms with E-state index in [-0.39, 0.29) is 0 Å². The molecular weight excluding hydrogens is 534 g/mol. The zero-order valence-electron chi connectivity index (χ0n) is 23.8. The lowest BCUT2D eigenvalue weighted by Gasteiger charge is -2.13. The third-order valence-electron chi connectivity index (χ3n) is 9.35. The average Bonchev–Trinajstić information content (AvgIpc) is 3.67. The minimum Gasteiger partial charge on any atom is -0.455 e. The molecule has 8 aromatic carbocycles. The summed E-state index contributed by atoms with van der Waals surface area (Å²) in [5.74, 6) is 0. The molecule has 0 saturated heterocycles. The van der Waals surface area contributed by atoms with Gasteiger partial charge in [0.05, 0.1) is 16.4 Å². The predicted molar refractivity (Wildman–Crippen MR) is 186 cm³/mol. The van der Waals surface area contributed by atoms with Gasteiger partial charge in [-0.1, -0.05) is 133 Å². The fourth-order valence-corrected chi connectivity index (χ4v) is 7.51. The molecule has 10 aromatic rings. The quantitative estimate of drug-likeness (QED) is 0.193. The molecule has 0 aliphatic heterocycles. The molecule has 0 amide bonds. The van der Waals surface area contributed by atoms with Crippen LogP contribution in [0.15, 0.2) is 156 Å². The van der Waals surface area contributed by atoms with E-state index in [4.69, 9.17) is 4.42 Å². The van der Waals surface area contributed by atoms with Crippen LogP contribution >= 0.6 is 0 Å². The predicted octanol–water partition coefficient (Wildman–Crippen LogP) is 11.8. The third kappa shape index (κ3) is 3.09. The highest BCUT2D eigenvalue weighted by molar-refractivity contribution is 6.41. The van der Waals surface area contributed by atoms with Crippen LogP contribution in [0.2, 0.25) is 0 Å². The van der Waals surface area contributed by atoms with Gasteiger partial charge in [-0.3, -0.25) is 0 Å². The molecule has 0 saturated carbocycles. The van der Waals surface area contributed by atoms with Gasteiger partial charge >= 0.3 is 0 Å². The van der Waals surface area contributed by atoms with E-state index in [1.807, 2.05) is 0 Å². The lowest BCUT2D eigenvalue weighted by Crippen LogP contribution is -1.96. The highest BCUT2D eigenvalue weighted by atomic mass is 16.3. The van der Waals surface area contributed by atoms with Crippen LogP contribution in [0, 0.1) is 0 Å². The van der Waals surface area contributed by atoms with Crippen molar-refractivity contribution in [1.29, 1.82) is 0 Å². The monoisotopic (exact) mass is 559 g/mol. The third-order valence-corrected chi connectivity index (χ3v) is 9.35. The zero-order valence-corrected chi connectivity index (χ0v) is 23.8. The highest BCUT2D eigenvalue weighted by Crippen LogP contribution is 2.49. The molecule has 2 aromatic heterocycles. The summed E-state index contributed by atoms with van der Waals surface area (Å²) >= 11 is 0. The minimum atomic E-state index is 0.915. The lowest BCUT2D eigenvalue weighted by molar-refractivity contribution is 0.673. The van der Waals surface area contributed by atoms with E-state index in [0.29, 0.717) is 0 Å². The van der Waals surface area contributed by atoms with Gasteiger partial charge in [0, 0.05) is 32.6 Å². The van der Waals surface area contributed by atoms with Gasteiger partial charge in [0.1, 0.15) is 11.2 Å². The van der Waals surface area contributed by atoms with E-state index in [1.165, 1.54) is 70.6 Å². The Morgan fingerprint density at radius 2 is 0.818 bits per heavy atom. The summed E-state index contributed by atoms with van der Waals surface area (Å²) in [4.78, 5) is 0. The molecule has 2 nitrogen and oxygen atoms in total. The number of hydrogen-bond acceptors (Lipinski definition) is 1. The van der Waals surface area contributed by atoms with Crippen LogP contribution in [0.25, 0.3) is 92.9 Å². The Morgan fingerprint density at radius 1 is 0.341 bits per heavy atom. The van der Waals surface area contributed by atoms with Crippen LogP contribution in [-0.4, -0.2) is 4.57 Å². The summed E-state index contributed by atoms with van der Waals surface area (Å²) in [5, 5.41) is 12.1. The topological polar surface area (TPSA) is 18.1 Å². The van der Waals surface area contributed by atoms with Gasteiger partial charge in [-0.2, -0.15) is 0 Å². The van der Waals surface area contributed by atoms with E-state index in [9.17, 15) is 0 Å². The smallest absolute Gasteiger partial charge is 0.146 e. The van der Waals surface area contributed by atoms with Gasteiger partial charge in [-0.15, -0.1) is 0 Å². The van der Waals surface area contributed by atoms with E-state index in [0.717, 1.165) is 22.2 Å². The number of fused-ring (bicyclic) bond motifs is 15. The molecule has 2 heterocycles. The van der Waals surface area contributed by atoms with E-state index in [2.05, 4.69) is 156 Å². The van der Waals surface area contributed by atoms with E-state index >= 15 is 0 Å². The number of furan rings is 1. The number of benzene rings is 8. The number of nitrogens with zero attached hydrogens (tertiary/aromatic N) is 1. The lowest BCUT2D eigenvalue weighted by atomic mass is 9.95. The first-order chi connectivity index (χ1) is 21.9. The Morgan fingerprint density at radius 3 is 1.52 bits per heavy atom. The molecule has 0 fully saturated rings. The van der Waals surface area contributed by atoms with Crippen molar-refractivity contribution in [1.82, 2.24) is 4.57 Å². The van der Waals surface area contributed by atoms with Crippen LogP contribution in [0.5, 0.6) is 0 Å². The Labute approximate surface area is 253 Å². The van der Waals surface area contributed by atoms with Gasteiger partial charge in [0.25, 0.3) is 0 Å². The number of hydrogen-bond donors (Lipinski definition) is 0. The van der Waals surface area contributed by atoms with Crippen molar-refractivity contribution in [2.75, 3.05) is 0 Å². The zero-order chi connectivity index (χ0) is 28.8. The number of para-hydroxylation sites is 1. The normalized spacial score (nSPS) is 12.1. The van der Waals surface area contributed by atoms with Crippen LogP contribution in [0.3, 0.4) is 0 Å². The van der Waals surface area contributed by atoms with Gasteiger partial charge in [0.15, 0.2) is 0 Å². The summed E-state index contributed by atoms with van der Waals surface area (Å²) < 4.78 is 9.34.